The van der Waals surface area contributed by atoms with Gasteiger partial charge in [-0.2, -0.15) is 0 Å². The maximum atomic E-state index is 4.35. The molecule has 14 heavy (non-hydrogen) atoms. The number of nitrogens with zero attached hydrogens (tertiary/aromatic N) is 4. The van der Waals surface area contributed by atoms with Crippen molar-refractivity contribution >= 4 is 0 Å². The van der Waals surface area contributed by atoms with Crippen molar-refractivity contribution in [2.45, 2.75) is 20.8 Å². The number of imidazole rings is 1. The minimum absolute atomic E-state index is 0.785. The van der Waals surface area contributed by atoms with Crippen LogP contribution in [-0.4, -0.2) is 19.5 Å². The third kappa shape index (κ3) is 1.51. The molecule has 0 aliphatic heterocycles. The lowest BCUT2D eigenvalue weighted by Crippen LogP contribution is -2.02. The fourth-order valence-electron chi connectivity index (χ4n) is 1.44. The van der Waals surface area contributed by atoms with Crippen molar-refractivity contribution in [3.05, 3.63) is 35.8 Å². The van der Waals surface area contributed by atoms with Gasteiger partial charge >= 0.3 is 0 Å². The van der Waals surface area contributed by atoms with Gasteiger partial charge in [-0.1, -0.05) is 0 Å². The van der Waals surface area contributed by atoms with Crippen LogP contribution in [0.15, 0.2) is 18.5 Å². The second-order valence-electron chi connectivity index (χ2n) is 3.26. The van der Waals surface area contributed by atoms with Gasteiger partial charge in [0.1, 0.15) is 17.5 Å². The smallest absolute Gasteiger partial charge is 0.142 e. The Labute approximate surface area is 82.7 Å². The van der Waals surface area contributed by atoms with Crippen LogP contribution in [0.5, 0.6) is 0 Å². The summed E-state index contributed by atoms with van der Waals surface area (Å²) in [7, 11) is 0. The van der Waals surface area contributed by atoms with Crippen molar-refractivity contribution in [2.24, 2.45) is 0 Å². The van der Waals surface area contributed by atoms with E-state index in [1.54, 1.807) is 6.20 Å². The molecule has 0 bridgehead atoms. The number of hydrogen-bond acceptors (Lipinski definition) is 3. The van der Waals surface area contributed by atoms with E-state index in [1.165, 1.54) is 0 Å². The molecule has 0 aliphatic rings. The van der Waals surface area contributed by atoms with Crippen LogP contribution in [0.2, 0.25) is 0 Å². The van der Waals surface area contributed by atoms with Crippen molar-refractivity contribution in [1.29, 1.82) is 0 Å². The van der Waals surface area contributed by atoms with Crippen molar-refractivity contribution in [3.8, 4) is 5.82 Å². The molecular weight excluding hydrogens is 176 g/mol. The Bertz CT molecular complexity index is 439. The maximum Gasteiger partial charge on any atom is 0.142 e. The summed E-state index contributed by atoms with van der Waals surface area (Å²) in [5.41, 5.74) is 0.973. The molecule has 2 aromatic heterocycles. The van der Waals surface area contributed by atoms with E-state index in [1.807, 2.05) is 37.6 Å². The third-order valence-corrected chi connectivity index (χ3v) is 2.03. The van der Waals surface area contributed by atoms with E-state index in [-0.39, 0.29) is 0 Å². The molecule has 0 unspecified atom stereocenters. The van der Waals surface area contributed by atoms with E-state index < -0.39 is 0 Å². The van der Waals surface area contributed by atoms with Crippen LogP contribution in [0.25, 0.3) is 5.82 Å². The maximum absolute atomic E-state index is 4.35. The normalized spacial score (nSPS) is 10.5. The first-order valence-electron chi connectivity index (χ1n) is 4.49. The zero-order chi connectivity index (χ0) is 10.1. The molecule has 2 heterocycles. The van der Waals surface area contributed by atoms with Gasteiger partial charge in [-0.15, -0.1) is 0 Å². The molecule has 0 amide bonds. The van der Waals surface area contributed by atoms with Crippen LogP contribution < -0.4 is 0 Å². The predicted octanol–water partition coefficient (Wildman–Crippen LogP) is 1.59. The van der Waals surface area contributed by atoms with Gasteiger partial charge < -0.3 is 0 Å². The summed E-state index contributed by atoms with van der Waals surface area (Å²) in [6.07, 6.45) is 3.67. The summed E-state index contributed by atoms with van der Waals surface area (Å²) in [5, 5.41) is 0. The molecule has 0 saturated carbocycles. The molecule has 0 aliphatic carbocycles. The highest BCUT2D eigenvalue weighted by Gasteiger charge is 2.03. The number of rotatable bonds is 1. The van der Waals surface area contributed by atoms with Crippen LogP contribution in [-0.2, 0) is 0 Å². The largest absolute Gasteiger partial charge is 0.288 e. The van der Waals surface area contributed by atoms with Crippen molar-refractivity contribution in [3.63, 3.8) is 0 Å². The minimum atomic E-state index is 0.785. The Hall–Kier alpha value is -1.71. The monoisotopic (exact) mass is 188 g/mol. The van der Waals surface area contributed by atoms with Crippen LogP contribution in [0.3, 0.4) is 0 Å². The molecule has 72 valence electrons. The van der Waals surface area contributed by atoms with E-state index in [2.05, 4.69) is 15.0 Å². The number of hydrogen-bond donors (Lipinski definition) is 0. The van der Waals surface area contributed by atoms with E-state index in [9.17, 15) is 0 Å². The molecule has 0 saturated heterocycles. The molecule has 2 aromatic rings. The van der Waals surface area contributed by atoms with Gasteiger partial charge in [0, 0.05) is 24.2 Å². The zero-order valence-electron chi connectivity index (χ0n) is 8.52. The van der Waals surface area contributed by atoms with Gasteiger partial charge in [0.15, 0.2) is 0 Å². The average Bonchev–Trinajstić information content (AvgIpc) is 2.49. The first-order chi connectivity index (χ1) is 6.66. The van der Waals surface area contributed by atoms with Crippen LogP contribution in [0.1, 0.15) is 17.3 Å². The molecule has 4 nitrogen and oxygen atoms in total. The first kappa shape index (κ1) is 8.87. The zero-order valence-corrected chi connectivity index (χ0v) is 8.52. The second kappa shape index (κ2) is 3.21. The second-order valence-corrected chi connectivity index (χ2v) is 3.26. The molecule has 4 heteroatoms. The molecule has 0 spiro atoms. The van der Waals surface area contributed by atoms with Gasteiger partial charge in [0.05, 0.1) is 0 Å². The Morgan fingerprint density at radius 3 is 2.50 bits per heavy atom. The average molecular weight is 188 g/mol. The van der Waals surface area contributed by atoms with E-state index in [0.717, 1.165) is 23.2 Å². The van der Waals surface area contributed by atoms with Crippen molar-refractivity contribution < 1.29 is 0 Å². The van der Waals surface area contributed by atoms with E-state index in [0.29, 0.717) is 0 Å². The SMILES string of the molecule is Cc1cc(-n2ccnc2C)nc(C)n1. The third-order valence-electron chi connectivity index (χ3n) is 2.03. The van der Waals surface area contributed by atoms with Gasteiger partial charge in [-0.25, -0.2) is 15.0 Å². The van der Waals surface area contributed by atoms with Crippen LogP contribution in [0, 0.1) is 20.8 Å². The summed E-state index contributed by atoms with van der Waals surface area (Å²) in [4.78, 5) is 12.7. The Kier molecular flexibility index (Phi) is 2.04. The van der Waals surface area contributed by atoms with Crippen molar-refractivity contribution in [2.75, 3.05) is 0 Å². The van der Waals surface area contributed by atoms with Crippen LogP contribution >= 0.6 is 0 Å². The van der Waals surface area contributed by atoms with Gasteiger partial charge in [0.2, 0.25) is 0 Å². The van der Waals surface area contributed by atoms with Crippen molar-refractivity contribution in [1.82, 2.24) is 19.5 Å². The van der Waals surface area contributed by atoms with E-state index >= 15 is 0 Å². The molecular formula is C10H12N4. The standard InChI is InChI=1S/C10H12N4/c1-7-6-10(13-8(2)12-7)14-5-4-11-9(14)3/h4-6H,1-3H3. The molecule has 2 rings (SSSR count). The highest BCUT2D eigenvalue weighted by atomic mass is 15.1. The minimum Gasteiger partial charge on any atom is -0.288 e. The molecule has 0 atom stereocenters. The quantitative estimate of drug-likeness (QED) is 0.682. The lowest BCUT2D eigenvalue weighted by atomic mass is 10.4. The highest BCUT2D eigenvalue weighted by Crippen LogP contribution is 2.08. The van der Waals surface area contributed by atoms with E-state index in [4.69, 9.17) is 0 Å². The van der Waals surface area contributed by atoms with Gasteiger partial charge in [0.25, 0.3) is 0 Å². The Morgan fingerprint density at radius 2 is 1.93 bits per heavy atom. The summed E-state index contributed by atoms with van der Waals surface area (Å²) in [6.45, 7) is 5.81. The summed E-state index contributed by atoms with van der Waals surface area (Å²) in [6, 6.07) is 1.95. The van der Waals surface area contributed by atoms with Crippen LogP contribution in [0.4, 0.5) is 0 Å². The molecule has 0 aromatic carbocycles. The molecule has 0 N–H and O–H groups in total. The molecule has 0 fully saturated rings. The molecule has 0 radical (unpaired) electrons. The summed E-state index contributed by atoms with van der Waals surface area (Å²) >= 11 is 0. The first-order valence-corrected chi connectivity index (χ1v) is 4.49. The summed E-state index contributed by atoms with van der Waals surface area (Å²) in [5.74, 6) is 2.60. The van der Waals surface area contributed by atoms with Gasteiger partial charge in [-0.05, 0) is 20.8 Å². The fraction of sp³-hybridized carbons (Fsp3) is 0.300. The summed E-state index contributed by atoms with van der Waals surface area (Å²) < 4.78 is 1.95. The Balaban J connectivity index is 2.57. The number of aromatic nitrogens is 4. The lowest BCUT2D eigenvalue weighted by Gasteiger charge is -2.05. The Morgan fingerprint density at radius 1 is 1.14 bits per heavy atom. The predicted molar refractivity (Wildman–Crippen MR) is 53.4 cm³/mol. The lowest BCUT2D eigenvalue weighted by molar-refractivity contribution is 0.888. The highest BCUT2D eigenvalue weighted by molar-refractivity contribution is 5.26. The fourth-order valence-corrected chi connectivity index (χ4v) is 1.44. The number of aryl methyl sites for hydroxylation is 3. The van der Waals surface area contributed by atoms with Gasteiger partial charge in [-0.3, -0.25) is 4.57 Å². The topological polar surface area (TPSA) is 43.6 Å².